The maximum atomic E-state index is 11.1. The van der Waals surface area contributed by atoms with Crippen molar-refractivity contribution in [2.75, 3.05) is 31.6 Å². The number of carboxylic acids is 1. The molecule has 1 aromatic rings. The number of anilines is 1. The molecule has 0 amide bonds. The van der Waals surface area contributed by atoms with Gasteiger partial charge < -0.3 is 14.9 Å². The van der Waals surface area contributed by atoms with Crippen molar-refractivity contribution >= 4 is 23.4 Å². The Morgan fingerprint density at radius 2 is 2.28 bits per heavy atom. The number of carbonyl (C=O) groups is 1. The average Bonchev–Trinajstić information content (AvgIpc) is 2.30. The van der Waals surface area contributed by atoms with Crippen molar-refractivity contribution in [3.63, 3.8) is 0 Å². The summed E-state index contributed by atoms with van der Waals surface area (Å²) in [5.41, 5.74) is 0.104. The largest absolute Gasteiger partial charge is 0.478 e. The van der Waals surface area contributed by atoms with E-state index in [1.807, 2.05) is 0 Å². The zero-order valence-electron chi connectivity index (χ0n) is 10.4. The lowest BCUT2D eigenvalue weighted by molar-refractivity contribution is 0.0697. The van der Waals surface area contributed by atoms with Crippen molar-refractivity contribution < 1.29 is 9.90 Å². The van der Waals surface area contributed by atoms with E-state index in [4.69, 9.17) is 16.7 Å². The van der Waals surface area contributed by atoms with Gasteiger partial charge in [-0.05, 0) is 20.0 Å². The Hall–Kier alpha value is -1.33. The highest BCUT2D eigenvalue weighted by atomic mass is 35.5. The molecule has 98 valence electrons. The van der Waals surface area contributed by atoms with Crippen molar-refractivity contribution in [3.05, 3.63) is 22.8 Å². The lowest BCUT2D eigenvalue weighted by atomic mass is 10.2. The zero-order chi connectivity index (χ0) is 13.3. The minimum atomic E-state index is -1.02. The van der Waals surface area contributed by atoms with Crippen LogP contribution in [0.5, 0.6) is 0 Å². The Morgan fingerprint density at radius 1 is 1.56 bits per heavy atom. The molecule has 0 bridgehead atoms. The number of likely N-dealkylation sites (N-methyl/N-ethyl adjacent to an activating group) is 1. The molecule has 1 aromatic heterocycles. The number of aromatic carboxylic acids is 1. The number of pyridine rings is 1. The Morgan fingerprint density at radius 3 is 2.89 bits per heavy atom. The molecule has 0 aliphatic carbocycles. The monoisotopic (exact) mass is 269 g/mol. The van der Waals surface area contributed by atoms with Gasteiger partial charge in [-0.2, -0.15) is 0 Å². The van der Waals surface area contributed by atoms with Crippen LogP contribution in [0, 0.1) is 0 Å². The van der Waals surface area contributed by atoms with Gasteiger partial charge in [-0.25, -0.2) is 9.78 Å². The van der Waals surface area contributed by atoms with Gasteiger partial charge in [0.1, 0.15) is 5.82 Å². The van der Waals surface area contributed by atoms with Crippen LogP contribution in [0.4, 0.5) is 5.82 Å². The summed E-state index contributed by atoms with van der Waals surface area (Å²) in [6.07, 6.45) is 1.50. The van der Waals surface area contributed by atoms with Crippen LogP contribution in [0.3, 0.4) is 0 Å². The third kappa shape index (κ3) is 2.42. The third-order valence-electron chi connectivity index (χ3n) is 3.20. The molecule has 18 heavy (non-hydrogen) atoms. The quantitative estimate of drug-likeness (QED) is 0.883. The first kappa shape index (κ1) is 13.1. The maximum absolute atomic E-state index is 11.1. The van der Waals surface area contributed by atoms with Gasteiger partial charge in [0.25, 0.3) is 0 Å². The fraction of sp³-hybridized carbons (Fsp3) is 0.500. The smallest absolute Gasteiger partial charge is 0.337 e. The van der Waals surface area contributed by atoms with Gasteiger partial charge >= 0.3 is 5.97 Å². The minimum Gasteiger partial charge on any atom is -0.478 e. The van der Waals surface area contributed by atoms with Crippen LogP contribution in [-0.4, -0.2) is 53.7 Å². The summed E-state index contributed by atoms with van der Waals surface area (Å²) in [4.78, 5) is 19.6. The van der Waals surface area contributed by atoms with E-state index in [-0.39, 0.29) is 16.6 Å². The second-order valence-corrected chi connectivity index (χ2v) is 4.98. The fourth-order valence-electron chi connectivity index (χ4n) is 2.25. The SMILES string of the molecule is CC1CN(C)CCN1c1nccc(C(=O)O)c1Cl. The molecule has 1 unspecified atom stereocenters. The second-order valence-electron chi connectivity index (χ2n) is 4.61. The van der Waals surface area contributed by atoms with E-state index in [2.05, 4.69) is 28.8 Å². The van der Waals surface area contributed by atoms with Crippen LogP contribution in [-0.2, 0) is 0 Å². The van der Waals surface area contributed by atoms with Crippen LogP contribution in [0.1, 0.15) is 17.3 Å². The summed E-state index contributed by atoms with van der Waals surface area (Å²) in [6.45, 7) is 4.71. The van der Waals surface area contributed by atoms with Crippen LogP contribution < -0.4 is 4.90 Å². The normalized spacial score (nSPS) is 21.1. The number of carboxylic acid groups (broad SMARTS) is 1. The first-order valence-electron chi connectivity index (χ1n) is 5.83. The van der Waals surface area contributed by atoms with E-state index < -0.39 is 5.97 Å². The molecule has 1 fully saturated rings. The van der Waals surface area contributed by atoms with Crippen LogP contribution in [0.15, 0.2) is 12.3 Å². The summed E-state index contributed by atoms with van der Waals surface area (Å²) in [5, 5.41) is 9.28. The summed E-state index contributed by atoms with van der Waals surface area (Å²) < 4.78 is 0. The Bertz CT molecular complexity index is 467. The molecule has 6 heteroatoms. The summed E-state index contributed by atoms with van der Waals surface area (Å²) in [7, 11) is 2.07. The van der Waals surface area contributed by atoms with Crippen molar-refractivity contribution in [2.24, 2.45) is 0 Å². The van der Waals surface area contributed by atoms with Gasteiger partial charge in [-0.1, -0.05) is 11.6 Å². The lowest BCUT2D eigenvalue weighted by Gasteiger charge is -2.39. The fourth-order valence-corrected chi connectivity index (χ4v) is 2.55. The maximum Gasteiger partial charge on any atom is 0.337 e. The van der Waals surface area contributed by atoms with Gasteiger partial charge in [0.05, 0.1) is 10.6 Å². The van der Waals surface area contributed by atoms with E-state index in [9.17, 15) is 4.79 Å². The molecule has 0 spiro atoms. The molecule has 0 saturated carbocycles. The topological polar surface area (TPSA) is 56.7 Å². The minimum absolute atomic E-state index is 0.104. The zero-order valence-corrected chi connectivity index (χ0v) is 11.2. The van der Waals surface area contributed by atoms with Crippen LogP contribution in [0.2, 0.25) is 5.02 Å². The Labute approximate surface area is 111 Å². The van der Waals surface area contributed by atoms with Gasteiger partial charge in [-0.15, -0.1) is 0 Å². The molecule has 1 N–H and O–H groups in total. The lowest BCUT2D eigenvalue weighted by Crippen LogP contribution is -2.51. The molecule has 1 saturated heterocycles. The average molecular weight is 270 g/mol. The predicted octanol–water partition coefficient (Wildman–Crippen LogP) is 1.57. The molecule has 2 heterocycles. The number of rotatable bonds is 2. The van der Waals surface area contributed by atoms with Crippen molar-refractivity contribution in [3.8, 4) is 0 Å². The highest BCUT2D eigenvalue weighted by molar-refractivity contribution is 6.35. The Kier molecular flexibility index (Phi) is 3.73. The summed E-state index contributed by atoms with van der Waals surface area (Å²) >= 11 is 6.14. The summed E-state index contributed by atoms with van der Waals surface area (Å²) in [6, 6.07) is 1.69. The summed E-state index contributed by atoms with van der Waals surface area (Å²) in [5.74, 6) is -0.456. The van der Waals surface area contributed by atoms with E-state index in [0.29, 0.717) is 5.82 Å². The van der Waals surface area contributed by atoms with Crippen LogP contribution in [0.25, 0.3) is 0 Å². The third-order valence-corrected chi connectivity index (χ3v) is 3.58. The number of hydrogen-bond donors (Lipinski definition) is 1. The molecule has 2 rings (SSSR count). The van der Waals surface area contributed by atoms with Crippen molar-refractivity contribution in [2.45, 2.75) is 13.0 Å². The first-order valence-corrected chi connectivity index (χ1v) is 6.21. The Balaban J connectivity index is 2.33. The van der Waals surface area contributed by atoms with Crippen LogP contribution >= 0.6 is 11.6 Å². The molecule has 0 radical (unpaired) electrons. The van der Waals surface area contributed by atoms with Gasteiger partial charge in [0, 0.05) is 31.9 Å². The molecular formula is C12H16ClN3O2. The highest BCUT2D eigenvalue weighted by Crippen LogP contribution is 2.29. The predicted molar refractivity (Wildman–Crippen MR) is 70.5 cm³/mol. The molecule has 1 aliphatic rings. The molecule has 5 nitrogen and oxygen atoms in total. The molecule has 0 aromatic carbocycles. The number of hydrogen-bond acceptors (Lipinski definition) is 4. The van der Waals surface area contributed by atoms with Gasteiger partial charge in [0.2, 0.25) is 0 Å². The van der Waals surface area contributed by atoms with E-state index in [1.54, 1.807) is 0 Å². The molecule has 1 aliphatic heterocycles. The van der Waals surface area contributed by atoms with E-state index in [0.717, 1.165) is 19.6 Å². The molecular weight excluding hydrogens is 254 g/mol. The highest BCUT2D eigenvalue weighted by Gasteiger charge is 2.26. The van der Waals surface area contributed by atoms with Crippen molar-refractivity contribution in [1.29, 1.82) is 0 Å². The van der Waals surface area contributed by atoms with E-state index in [1.165, 1.54) is 12.3 Å². The number of piperazine rings is 1. The standard InChI is InChI=1S/C12H16ClN3O2/c1-8-7-15(2)5-6-16(8)11-10(13)9(12(17)18)3-4-14-11/h3-4,8H,5-7H2,1-2H3,(H,17,18). The van der Waals surface area contributed by atoms with Crippen molar-refractivity contribution in [1.82, 2.24) is 9.88 Å². The first-order chi connectivity index (χ1) is 8.50. The van der Waals surface area contributed by atoms with E-state index >= 15 is 0 Å². The number of aromatic nitrogens is 1. The number of nitrogens with zero attached hydrogens (tertiary/aromatic N) is 3. The van der Waals surface area contributed by atoms with Gasteiger partial charge in [-0.3, -0.25) is 0 Å². The second kappa shape index (κ2) is 5.12. The molecule has 1 atom stereocenters. The number of halogens is 1. The van der Waals surface area contributed by atoms with Gasteiger partial charge in [0.15, 0.2) is 0 Å².